The topological polar surface area (TPSA) is 35.5 Å². The molecular formula is C11H14Cl2N2O. The number of benzene rings is 1. The minimum Gasteiger partial charge on any atom is -0.390 e. The van der Waals surface area contributed by atoms with Crippen molar-refractivity contribution in [2.24, 2.45) is 0 Å². The third-order valence-corrected chi connectivity index (χ3v) is 3.45. The first-order valence-corrected chi connectivity index (χ1v) is 6.02. The molecule has 0 aromatic heterocycles. The molecule has 0 saturated carbocycles. The maximum absolute atomic E-state index is 9.70. The normalized spacial score (nSPS) is 21.9. The van der Waals surface area contributed by atoms with E-state index in [-0.39, 0.29) is 6.10 Å². The Labute approximate surface area is 105 Å². The van der Waals surface area contributed by atoms with Gasteiger partial charge in [-0.2, -0.15) is 0 Å². The molecule has 1 atom stereocenters. The van der Waals surface area contributed by atoms with E-state index in [4.69, 9.17) is 23.2 Å². The molecule has 88 valence electrons. The van der Waals surface area contributed by atoms with E-state index in [1.165, 1.54) is 0 Å². The second-order valence-corrected chi connectivity index (χ2v) is 4.66. The van der Waals surface area contributed by atoms with Crippen LogP contribution in [0.4, 0.5) is 5.69 Å². The second-order valence-electron chi connectivity index (χ2n) is 3.88. The summed E-state index contributed by atoms with van der Waals surface area (Å²) in [6, 6.07) is 5.56. The van der Waals surface area contributed by atoms with Gasteiger partial charge in [-0.05, 0) is 12.1 Å². The van der Waals surface area contributed by atoms with Crippen molar-refractivity contribution in [1.82, 2.24) is 5.32 Å². The van der Waals surface area contributed by atoms with Gasteiger partial charge in [0.05, 0.1) is 21.8 Å². The molecule has 16 heavy (non-hydrogen) atoms. The van der Waals surface area contributed by atoms with Crippen LogP contribution in [0, 0.1) is 0 Å². The van der Waals surface area contributed by atoms with Crippen LogP contribution in [-0.2, 0) is 0 Å². The summed E-state index contributed by atoms with van der Waals surface area (Å²) >= 11 is 12.1. The van der Waals surface area contributed by atoms with Crippen molar-refractivity contribution in [3.63, 3.8) is 0 Å². The Morgan fingerprint density at radius 3 is 3.00 bits per heavy atom. The Bertz CT molecular complexity index is 373. The second kappa shape index (κ2) is 5.23. The van der Waals surface area contributed by atoms with E-state index < -0.39 is 0 Å². The van der Waals surface area contributed by atoms with Crippen LogP contribution in [0.15, 0.2) is 18.2 Å². The lowest BCUT2D eigenvalue weighted by atomic mass is 10.2. The monoisotopic (exact) mass is 260 g/mol. The standard InChI is InChI=1S/C11H14Cl2N2O/c12-9-2-1-3-10(11(9)13)15-5-4-14-6-8(16)7-15/h1-3,8,14,16H,4-7H2. The number of anilines is 1. The zero-order chi connectivity index (χ0) is 11.5. The van der Waals surface area contributed by atoms with Crippen molar-refractivity contribution < 1.29 is 5.11 Å². The molecule has 0 spiro atoms. The Kier molecular flexibility index (Phi) is 3.92. The fourth-order valence-corrected chi connectivity index (χ4v) is 2.26. The van der Waals surface area contributed by atoms with Gasteiger partial charge in [-0.3, -0.25) is 0 Å². The van der Waals surface area contributed by atoms with Gasteiger partial charge < -0.3 is 15.3 Å². The SMILES string of the molecule is OC1CNCCN(c2cccc(Cl)c2Cl)C1. The lowest BCUT2D eigenvalue weighted by Crippen LogP contribution is -2.32. The van der Waals surface area contributed by atoms with E-state index in [1.54, 1.807) is 6.07 Å². The molecule has 5 heteroatoms. The van der Waals surface area contributed by atoms with E-state index in [0.717, 1.165) is 18.8 Å². The highest BCUT2D eigenvalue weighted by Gasteiger charge is 2.18. The van der Waals surface area contributed by atoms with Gasteiger partial charge in [0.2, 0.25) is 0 Å². The minimum absolute atomic E-state index is 0.377. The van der Waals surface area contributed by atoms with Crippen molar-refractivity contribution in [2.45, 2.75) is 6.10 Å². The molecule has 1 aromatic carbocycles. The molecule has 1 unspecified atom stereocenters. The third-order valence-electron chi connectivity index (χ3n) is 2.64. The van der Waals surface area contributed by atoms with Gasteiger partial charge in [0, 0.05) is 26.2 Å². The van der Waals surface area contributed by atoms with Crippen LogP contribution in [0.25, 0.3) is 0 Å². The van der Waals surface area contributed by atoms with Gasteiger partial charge >= 0.3 is 0 Å². The fourth-order valence-electron chi connectivity index (χ4n) is 1.85. The summed E-state index contributed by atoms with van der Waals surface area (Å²) in [6.07, 6.45) is -0.377. The fraction of sp³-hybridized carbons (Fsp3) is 0.455. The Morgan fingerprint density at radius 1 is 1.38 bits per heavy atom. The lowest BCUT2D eigenvalue weighted by Gasteiger charge is -2.25. The van der Waals surface area contributed by atoms with Gasteiger partial charge in [0.25, 0.3) is 0 Å². The summed E-state index contributed by atoms with van der Waals surface area (Å²) in [6.45, 7) is 2.85. The minimum atomic E-state index is -0.377. The highest BCUT2D eigenvalue weighted by Crippen LogP contribution is 2.32. The number of nitrogens with one attached hydrogen (secondary N) is 1. The van der Waals surface area contributed by atoms with Gasteiger partial charge in [-0.25, -0.2) is 0 Å². The first-order chi connectivity index (χ1) is 7.68. The van der Waals surface area contributed by atoms with Gasteiger partial charge in [-0.15, -0.1) is 0 Å². The van der Waals surface area contributed by atoms with E-state index in [1.807, 2.05) is 12.1 Å². The molecule has 0 radical (unpaired) electrons. The number of aliphatic hydroxyl groups is 1. The van der Waals surface area contributed by atoms with Crippen molar-refractivity contribution in [1.29, 1.82) is 0 Å². The molecule has 2 rings (SSSR count). The smallest absolute Gasteiger partial charge is 0.0839 e. The highest BCUT2D eigenvalue weighted by atomic mass is 35.5. The molecule has 1 fully saturated rings. The van der Waals surface area contributed by atoms with Crippen molar-refractivity contribution in [3.8, 4) is 0 Å². The quantitative estimate of drug-likeness (QED) is 0.808. The predicted molar refractivity (Wildman–Crippen MR) is 67.6 cm³/mol. The van der Waals surface area contributed by atoms with E-state index >= 15 is 0 Å². The van der Waals surface area contributed by atoms with Crippen LogP contribution in [0.5, 0.6) is 0 Å². The summed E-state index contributed by atoms with van der Waals surface area (Å²) < 4.78 is 0. The average molecular weight is 261 g/mol. The summed E-state index contributed by atoms with van der Waals surface area (Å²) in [5.74, 6) is 0. The zero-order valence-corrected chi connectivity index (χ0v) is 10.3. The first-order valence-electron chi connectivity index (χ1n) is 5.26. The summed E-state index contributed by atoms with van der Waals surface area (Å²) in [5.41, 5.74) is 0.886. The highest BCUT2D eigenvalue weighted by molar-refractivity contribution is 6.43. The molecule has 1 aromatic rings. The van der Waals surface area contributed by atoms with Crippen LogP contribution >= 0.6 is 23.2 Å². The summed E-state index contributed by atoms with van der Waals surface area (Å²) in [7, 11) is 0. The maximum Gasteiger partial charge on any atom is 0.0839 e. The van der Waals surface area contributed by atoms with Gasteiger partial charge in [-0.1, -0.05) is 29.3 Å². The van der Waals surface area contributed by atoms with E-state index in [9.17, 15) is 5.11 Å². The van der Waals surface area contributed by atoms with E-state index in [2.05, 4.69) is 10.2 Å². The molecule has 1 saturated heterocycles. The van der Waals surface area contributed by atoms with Crippen LogP contribution < -0.4 is 10.2 Å². The molecule has 0 bridgehead atoms. The number of halogens is 2. The average Bonchev–Trinajstić information content (AvgIpc) is 2.47. The number of aliphatic hydroxyl groups excluding tert-OH is 1. The van der Waals surface area contributed by atoms with Crippen molar-refractivity contribution in [3.05, 3.63) is 28.2 Å². The molecule has 2 N–H and O–H groups in total. The molecule has 0 aliphatic carbocycles. The largest absolute Gasteiger partial charge is 0.390 e. The Hall–Kier alpha value is -0.480. The first kappa shape index (κ1) is 12.0. The molecular weight excluding hydrogens is 247 g/mol. The van der Waals surface area contributed by atoms with Crippen LogP contribution in [-0.4, -0.2) is 37.4 Å². The maximum atomic E-state index is 9.70. The number of nitrogens with zero attached hydrogens (tertiary/aromatic N) is 1. The lowest BCUT2D eigenvalue weighted by molar-refractivity contribution is 0.185. The zero-order valence-electron chi connectivity index (χ0n) is 8.79. The molecule has 1 aliphatic rings. The Balaban J connectivity index is 2.24. The van der Waals surface area contributed by atoms with Crippen molar-refractivity contribution in [2.75, 3.05) is 31.1 Å². The number of hydrogen-bond donors (Lipinski definition) is 2. The molecule has 0 amide bonds. The van der Waals surface area contributed by atoms with Crippen LogP contribution in [0.2, 0.25) is 10.0 Å². The predicted octanol–water partition coefficient (Wildman–Crippen LogP) is 1.76. The summed E-state index contributed by atoms with van der Waals surface area (Å²) in [4.78, 5) is 2.05. The van der Waals surface area contributed by atoms with E-state index in [0.29, 0.717) is 23.1 Å². The summed E-state index contributed by atoms with van der Waals surface area (Å²) in [5, 5.41) is 14.0. The molecule has 1 aliphatic heterocycles. The van der Waals surface area contributed by atoms with Gasteiger partial charge in [0.15, 0.2) is 0 Å². The van der Waals surface area contributed by atoms with Crippen LogP contribution in [0.3, 0.4) is 0 Å². The molecule has 3 nitrogen and oxygen atoms in total. The third kappa shape index (κ3) is 2.61. The van der Waals surface area contributed by atoms with Crippen molar-refractivity contribution >= 4 is 28.9 Å². The Morgan fingerprint density at radius 2 is 2.19 bits per heavy atom. The number of hydrogen-bond acceptors (Lipinski definition) is 3. The molecule has 1 heterocycles. The number of rotatable bonds is 1. The van der Waals surface area contributed by atoms with Gasteiger partial charge in [0.1, 0.15) is 0 Å². The number of β-amino-alcohol motifs (C(OH)–C–C–N with tert-alkyl or cyclic N) is 1. The van der Waals surface area contributed by atoms with Crippen LogP contribution in [0.1, 0.15) is 0 Å².